The van der Waals surface area contributed by atoms with Crippen molar-refractivity contribution in [3.05, 3.63) is 0 Å². The lowest BCUT2D eigenvalue weighted by molar-refractivity contribution is 0.478. The molecular weight excluding hydrogens is 83.0 g/mol. The third-order valence-electron chi connectivity index (χ3n) is 0.392. The summed E-state index contributed by atoms with van der Waals surface area (Å²) in [7, 11) is 0. The van der Waals surface area contributed by atoms with Crippen LogP contribution < -0.4 is 5.73 Å². The number of hydrogen-bond acceptors (Lipinski definition) is 2. The quantitative estimate of drug-likeness (QED) is 0.458. The highest BCUT2D eigenvalue weighted by Crippen LogP contribution is 1.69. The van der Waals surface area contributed by atoms with Crippen molar-refractivity contribution in [3.8, 4) is 0 Å². The summed E-state index contributed by atoms with van der Waals surface area (Å²) in [5.74, 6) is 0. The van der Waals surface area contributed by atoms with Gasteiger partial charge in [-0.05, 0) is 0 Å². The minimum atomic E-state index is -0.690. The van der Waals surface area contributed by atoms with E-state index in [0.29, 0.717) is 0 Å². The van der Waals surface area contributed by atoms with E-state index in [1.807, 2.05) is 0 Å². The molecule has 0 aliphatic rings. The van der Waals surface area contributed by atoms with Crippen LogP contribution in [0.1, 0.15) is 0 Å². The number of halogens is 1. The highest BCUT2D eigenvalue weighted by Gasteiger charge is 1.89. The third kappa shape index (κ3) is 1.84. The van der Waals surface area contributed by atoms with E-state index in [2.05, 4.69) is 0 Å². The summed E-state index contributed by atoms with van der Waals surface area (Å²) in [4.78, 5) is 0. The molecule has 0 aromatic rings. The van der Waals surface area contributed by atoms with E-state index in [1.165, 1.54) is 0 Å². The molecule has 0 saturated heterocycles. The van der Waals surface area contributed by atoms with Gasteiger partial charge in [-0.2, -0.15) is 0 Å². The molecule has 0 aliphatic carbocycles. The SMILES string of the molecule is N=C[C@H](N)CF. The maximum absolute atomic E-state index is 11.1. The first-order chi connectivity index (χ1) is 2.81. The normalized spacial score (nSPS) is 13.7. The average Bonchev–Trinajstić information content (AvgIpc) is 1.65. The van der Waals surface area contributed by atoms with Crippen LogP contribution in [0.4, 0.5) is 4.39 Å². The molecule has 0 aliphatic heterocycles. The first-order valence-electron chi connectivity index (χ1n) is 1.63. The lowest BCUT2D eigenvalue weighted by atomic mass is 10.4. The van der Waals surface area contributed by atoms with Crippen LogP contribution in [0.15, 0.2) is 0 Å². The van der Waals surface area contributed by atoms with Crippen molar-refractivity contribution in [2.75, 3.05) is 6.67 Å². The van der Waals surface area contributed by atoms with Crippen molar-refractivity contribution < 1.29 is 4.39 Å². The fraction of sp³-hybridized carbons (Fsp3) is 0.667. The van der Waals surface area contributed by atoms with Crippen molar-refractivity contribution in [2.24, 2.45) is 5.73 Å². The van der Waals surface area contributed by atoms with Crippen LogP contribution >= 0.6 is 0 Å². The Hall–Kier alpha value is -0.440. The second kappa shape index (κ2) is 2.78. The first-order valence-corrected chi connectivity index (χ1v) is 1.63. The second-order valence-corrected chi connectivity index (χ2v) is 0.985. The van der Waals surface area contributed by atoms with Crippen molar-refractivity contribution in [1.82, 2.24) is 0 Å². The fourth-order valence-electron chi connectivity index (χ4n) is 0.0445. The van der Waals surface area contributed by atoms with Gasteiger partial charge in [0, 0.05) is 6.21 Å². The molecule has 0 heterocycles. The molecule has 2 nitrogen and oxygen atoms in total. The van der Waals surface area contributed by atoms with Gasteiger partial charge < -0.3 is 11.1 Å². The summed E-state index contributed by atoms with van der Waals surface area (Å²) in [6.45, 7) is -0.635. The van der Waals surface area contributed by atoms with Crippen LogP contribution in [0.3, 0.4) is 0 Å². The van der Waals surface area contributed by atoms with E-state index in [0.717, 1.165) is 6.21 Å². The van der Waals surface area contributed by atoms with Crippen LogP contribution in [0.5, 0.6) is 0 Å². The van der Waals surface area contributed by atoms with Gasteiger partial charge in [-0.15, -0.1) is 0 Å². The van der Waals surface area contributed by atoms with E-state index < -0.39 is 12.7 Å². The van der Waals surface area contributed by atoms with Gasteiger partial charge in [-0.3, -0.25) is 0 Å². The summed E-state index contributed by atoms with van der Waals surface area (Å²) in [5, 5.41) is 6.32. The third-order valence-corrected chi connectivity index (χ3v) is 0.392. The smallest absolute Gasteiger partial charge is 0.110 e. The molecule has 3 heteroatoms. The number of rotatable bonds is 2. The molecule has 3 N–H and O–H groups in total. The maximum atomic E-state index is 11.1. The van der Waals surface area contributed by atoms with Crippen molar-refractivity contribution >= 4 is 6.21 Å². The van der Waals surface area contributed by atoms with Gasteiger partial charge >= 0.3 is 0 Å². The molecule has 36 valence electrons. The Balaban J connectivity index is 2.96. The summed E-state index contributed by atoms with van der Waals surface area (Å²) >= 11 is 0. The van der Waals surface area contributed by atoms with E-state index >= 15 is 0 Å². The molecule has 0 rings (SSSR count). The summed E-state index contributed by atoms with van der Waals surface area (Å²) in [5.41, 5.74) is 4.85. The van der Waals surface area contributed by atoms with Crippen LogP contribution in [0, 0.1) is 5.41 Å². The van der Waals surface area contributed by atoms with Gasteiger partial charge in [0.1, 0.15) is 6.67 Å². The Kier molecular flexibility index (Phi) is 2.58. The molecule has 0 spiro atoms. The van der Waals surface area contributed by atoms with Gasteiger partial charge in [-0.1, -0.05) is 0 Å². The standard InChI is InChI=1S/C3H7FN2/c4-1-3(6)2-5/h2-3,5H,1,6H2/t3-/m1/s1. The van der Waals surface area contributed by atoms with Gasteiger partial charge in [0.25, 0.3) is 0 Å². The Morgan fingerprint density at radius 1 is 2.00 bits per heavy atom. The largest absolute Gasteiger partial charge is 0.321 e. The number of hydrogen-bond donors (Lipinski definition) is 2. The molecule has 0 aromatic carbocycles. The van der Waals surface area contributed by atoms with Gasteiger partial charge in [0.05, 0.1) is 6.04 Å². The highest BCUT2D eigenvalue weighted by atomic mass is 19.1. The number of nitrogens with one attached hydrogen (secondary N) is 1. The van der Waals surface area contributed by atoms with Gasteiger partial charge in [0.2, 0.25) is 0 Å². The summed E-state index contributed by atoms with van der Waals surface area (Å²) in [6.07, 6.45) is 0.875. The predicted octanol–water partition coefficient (Wildman–Crippen LogP) is -0.0672. The Labute approximate surface area is 35.7 Å². The molecule has 0 fully saturated rings. The molecule has 0 aromatic heterocycles. The Morgan fingerprint density at radius 2 is 2.50 bits per heavy atom. The van der Waals surface area contributed by atoms with Crippen LogP contribution in [-0.2, 0) is 0 Å². The van der Waals surface area contributed by atoms with Crippen LogP contribution in [0.25, 0.3) is 0 Å². The average molecular weight is 90.1 g/mol. The van der Waals surface area contributed by atoms with E-state index in [-0.39, 0.29) is 0 Å². The summed E-state index contributed by atoms with van der Waals surface area (Å²) < 4.78 is 11.1. The van der Waals surface area contributed by atoms with Crippen molar-refractivity contribution in [1.29, 1.82) is 5.41 Å². The van der Waals surface area contributed by atoms with Crippen molar-refractivity contribution in [3.63, 3.8) is 0 Å². The van der Waals surface area contributed by atoms with Crippen molar-refractivity contribution in [2.45, 2.75) is 6.04 Å². The molecule has 0 unspecified atom stereocenters. The summed E-state index contributed by atoms with van der Waals surface area (Å²) in [6, 6.07) is -0.690. The number of nitrogens with two attached hydrogens (primary N) is 1. The van der Waals surface area contributed by atoms with E-state index in [9.17, 15) is 4.39 Å². The molecule has 0 amide bonds. The molecule has 6 heavy (non-hydrogen) atoms. The predicted molar refractivity (Wildman–Crippen MR) is 22.7 cm³/mol. The lowest BCUT2D eigenvalue weighted by Gasteiger charge is -1.90. The topological polar surface area (TPSA) is 49.9 Å². The first kappa shape index (κ1) is 5.56. The zero-order valence-electron chi connectivity index (χ0n) is 3.32. The molecule has 0 saturated carbocycles. The minimum absolute atomic E-state index is 0.635. The molecule has 0 bridgehead atoms. The monoisotopic (exact) mass is 90.1 g/mol. The zero-order valence-corrected chi connectivity index (χ0v) is 3.32. The minimum Gasteiger partial charge on any atom is -0.321 e. The maximum Gasteiger partial charge on any atom is 0.110 e. The van der Waals surface area contributed by atoms with Gasteiger partial charge in [-0.25, -0.2) is 4.39 Å². The van der Waals surface area contributed by atoms with Crippen LogP contribution in [0.2, 0.25) is 0 Å². The number of alkyl halides is 1. The van der Waals surface area contributed by atoms with E-state index in [4.69, 9.17) is 11.1 Å². The van der Waals surface area contributed by atoms with Gasteiger partial charge in [0.15, 0.2) is 0 Å². The fourth-order valence-corrected chi connectivity index (χ4v) is 0.0445. The lowest BCUT2D eigenvalue weighted by Crippen LogP contribution is -2.22. The zero-order chi connectivity index (χ0) is 4.99. The molecule has 1 atom stereocenters. The molecule has 0 radical (unpaired) electrons. The Bertz CT molecular complexity index is 46.1. The Morgan fingerprint density at radius 3 is 2.50 bits per heavy atom. The van der Waals surface area contributed by atoms with E-state index in [1.54, 1.807) is 0 Å². The molecular formula is C3H7FN2. The highest BCUT2D eigenvalue weighted by molar-refractivity contribution is 5.60. The second-order valence-electron chi connectivity index (χ2n) is 0.985. The van der Waals surface area contributed by atoms with Crippen LogP contribution in [-0.4, -0.2) is 18.9 Å².